The quantitative estimate of drug-likeness (QED) is 0.678. The number of aryl methyl sites for hydroxylation is 1. The number of carbonyl (C=O) groups is 1. The van der Waals surface area contributed by atoms with E-state index in [2.05, 4.69) is 16.7 Å². The normalized spacial score (nSPS) is 19.8. The lowest BCUT2D eigenvalue weighted by atomic mass is 9.98. The summed E-state index contributed by atoms with van der Waals surface area (Å²) in [6, 6.07) is 5.20. The zero-order chi connectivity index (χ0) is 23.1. The highest BCUT2D eigenvalue weighted by Gasteiger charge is 2.34. The number of fused-ring (bicyclic) bond motifs is 2. The summed E-state index contributed by atoms with van der Waals surface area (Å²) >= 11 is 6.29. The lowest BCUT2D eigenvalue weighted by molar-refractivity contribution is -0.0165. The highest BCUT2D eigenvalue weighted by atomic mass is 35.5. The monoisotopic (exact) mass is 470 g/mol. The first-order valence-electron chi connectivity index (χ1n) is 11.2. The number of phenolic OH excluding ortho intramolecular Hbond substituents is 1. The van der Waals surface area contributed by atoms with Crippen molar-refractivity contribution in [3.8, 4) is 17.2 Å². The first-order chi connectivity index (χ1) is 15.9. The Labute approximate surface area is 198 Å². The SMILES string of the molecule is CCN1CCN(Cc2c(O)cc(C)c3c2O/C(=C\c2cc(Cl)cc4c2OCOC4)C3=O)CC1. The molecule has 3 aliphatic rings. The summed E-state index contributed by atoms with van der Waals surface area (Å²) in [6.45, 7) is 9.85. The van der Waals surface area contributed by atoms with Gasteiger partial charge in [-0.15, -0.1) is 0 Å². The molecule has 3 heterocycles. The Balaban J connectivity index is 1.48. The molecule has 0 aromatic heterocycles. The molecule has 0 amide bonds. The maximum Gasteiger partial charge on any atom is 0.232 e. The molecule has 7 nitrogen and oxygen atoms in total. The Morgan fingerprint density at radius 1 is 1.12 bits per heavy atom. The minimum atomic E-state index is -0.208. The highest BCUT2D eigenvalue weighted by molar-refractivity contribution is 6.31. The predicted octanol–water partition coefficient (Wildman–Crippen LogP) is 3.97. The molecule has 1 N–H and O–H groups in total. The smallest absolute Gasteiger partial charge is 0.232 e. The summed E-state index contributed by atoms with van der Waals surface area (Å²) in [7, 11) is 0. The zero-order valence-electron chi connectivity index (χ0n) is 18.8. The fourth-order valence-corrected chi connectivity index (χ4v) is 4.93. The minimum Gasteiger partial charge on any atom is -0.507 e. The van der Waals surface area contributed by atoms with Crippen LogP contribution in [0.5, 0.6) is 17.2 Å². The van der Waals surface area contributed by atoms with Crippen LogP contribution in [0.3, 0.4) is 0 Å². The second-order valence-corrected chi connectivity index (χ2v) is 9.08. The van der Waals surface area contributed by atoms with Crippen LogP contribution in [0.1, 0.15) is 39.5 Å². The summed E-state index contributed by atoms with van der Waals surface area (Å²) in [5.74, 6) is 1.22. The van der Waals surface area contributed by atoms with Crippen molar-refractivity contribution in [3.05, 3.63) is 56.8 Å². The number of ketones is 1. The molecule has 3 aliphatic heterocycles. The average molecular weight is 471 g/mol. The van der Waals surface area contributed by atoms with Crippen LogP contribution in [0.25, 0.3) is 6.08 Å². The van der Waals surface area contributed by atoms with Gasteiger partial charge in [0.15, 0.2) is 12.6 Å². The van der Waals surface area contributed by atoms with E-state index in [1.807, 2.05) is 6.92 Å². The number of aromatic hydroxyl groups is 1. The topological polar surface area (TPSA) is 71.5 Å². The van der Waals surface area contributed by atoms with Gasteiger partial charge < -0.3 is 24.2 Å². The molecule has 174 valence electrons. The molecule has 0 atom stereocenters. The van der Waals surface area contributed by atoms with E-state index in [4.69, 9.17) is 25.8 Å². The van der Waals surface area contributed by atoms with E-state index in [1.165, 1.54) is 0 Å². The average Bonchev–Trinajstić information content (AvgIpc) is 3.13. The maximum atomic E-state index is 13.3. The van der Waals surface area contributed by atoms with Gasteiger partial charge in [-0.05, 0) is 43.3 Å². The van der Waals surface area contributed by atoms with Gasteiger partial charge in [0, 0.05) is 48.9 Å². The fourth-order valence-electron chi connectivity index (χ4n) is 4.68. The van der Waals surface area contributed by atoms with Crippen molar-refractivity contribution < 1.29 is 24.1 Å². The van der Waals surface area contributed by atoms with E-state index in [-0.39, 0.29) is 24.1 Å². The molecule has 1 fully saturated rings. The summed E-state index contributed by atoms with van der Waals surface area (Å²) in [6.07, 6.45) is 1.67. The molecule has 0 unspecified atom stereocenters. The number of hydrogen-bond donors (Lipinski definition) is 1. The van der Waals surface area contributed by atoms with Gasteiger partial charge in [0.2, 0.25) is 5.78 Å². The molecule has 2 aromatic rings. The van der Waals surface area contributed by atoms with Crippen molar-refractivity contribution in [3.63, 3.8) is 0 Å². The lowest BCUT2D eigenvalue weighted by Gasteiger charge is -2.34. The second-order valence-electron chi connectivity index (χ2n) is 8.64. The molecule has 2 aromatic carbocycles. The number of nitrogens with zero attached hydrogens (tertiary/aromatic N) is 2. The van der Waals surface area contributed by atoms with Crippen LogP contribution in [0.15, 0.2) is 24.0 Å². The number of rotatable bonds is 4. The maximum absolute atomic E-state index is 13.3. The molecular formula is C25H27ClN2O5. The van der Waals surface area contributed by atoms with Gasteiger partial charge in [0.25, 0.3) is 0 Å². The van der Waals surface area contributed by atoms with Crippen LogP contribution < -0.4 is 9.47 Å². The molecule has 5 rings (SSSR count). The number of Topliss-reactive ketones (excluding diaryl/α,β-unsaturated/α-hetero) is 1. The number of likely N-dealkylation sites (N-methyl/N-ethyl adjacent to an activating group) is 1. The Morgan fingerprint density at radius 2 is 1.88 bits per heavy atom. The first-order valence-corrected chi connectivity index (χ1v) is 11.6. The summed E-state index contributed by atoms with van der Waals surface area (Å²) in [5.41, 5.74) is 3.32. The van der Waals surface area contributed by atoms with Gasteiger partial charge in [0.05, 0.1) is 17.7 Å². The summed E-state index contributed by atoms with van der Waals surface area (Å²) in [5, 5.41) is 11.3. The van der Waals surface area contributed by atoms with Crippen LogP contribution in [-0.4, -0.2) is 60.2 Å². The standard InChI is InChI=1S/C25H27ClN2O5/c1-3-27-4-6-28(7-5-27)12-19-20(29)8-15(2)22-23(30)21(33-25(19)22)11-16-9-18(26)10-17-13-31-14-32-24(16)17/h8-11,29H,3-7,12-14H2,1-2H3/b21-11-. The molecular weight excluding hydrogens is 444 g/mol. The second kappa shape index (κ2) is 8.99. The molecule has 0 aliphatic carbocycles. The van der Waals surface area contributed by atoms with E-state index < -0.39 is 0 Å². The highest BCUT2D eigenvalue weighted by Crippen LogP contribution is 2.43. The van der Waals surface area contributed by atoms with E-state index >= 15 is 0 Å². The van der Waals surface area contributed by atoms with Gasteiger partial charge >= 0.3 is 0 Å². The van der Waals surface area contributed by atoms with Crippen LogP contribution in [0.4, 0.5) is 0 Å². The number of halogens is 1. The Kier molecular flexibility index (Phi) is 6.05. The van der Waals surface area contributed by atoms with Crippen LogP contribution in [0.2, 0.25) is 5.02 Å². The van der Waals surface area contributed by atoms with Gasteiger partial charge in [-0.2, -0.15) is 0 Å². The lowest BCUT2D eigenvalue weighted by Crippen LogP contribution is -2.45. The Morgan fingerprint density at radius 3 is 2.64 bits per heavy atom. The number of piperazine rings is 1. The third kappa shape index (κ3) is 4.22. The van der Waals surface area contributed by atoms with Crippen molar-refractivity contribution in [2.24, 2.45) is 0 Å². The fraction of sp³-hybridized carbons (Fsp3) is 0.400. The largest absolute Gasteiger partial charge is 0.507 e. The molecule has 1 saturated heterocycles. The van der Waals surface area contributed by atoms with Crippen molar-refractivity contribution in [1.82, 2.24) is 9.80 Å². The molecule has 33 heavy (non-hydrogen) atoms. The number of ether oxygens (including phenoxy) is 3. The molecule has 0 saturated carbocycles. The van der Waals surface area contributed by atoms with E-state index in [9.17, 15) is 9.90 Å². The number of phenols is 1. The summed E-state index contributed by atoms with van der Waals surface area (Å²) < 4.78 is 17.1. The van der Waals surface area contributed by atoms with Crippen molar-refractivity contribution >= 4 is 23.5 Å². The third-order valence-corrected chi connectivity index (χ3v) is 6.72. The predicted molar refractivity (Wildman–Crippen MR) is 125 cm³/mol. The van der Waals surface area contributed by atoms with Crippen LogP contribution in [0, 0.1) is 6.92 Å². The number of benzene rings is 2. The first kappa shape index (κ1) is 22.2. The van der Waals surface area contributed by atoms with Crippen molar-refractivity contribution in [2.45, 2.75) is 27.0 Å². The van der Waals surface area contributed by atoms with Crippen LogP contribution in [-0.2, 0) is 17.9 Å². The number of allylic oxidation sites excluding steroid dienone is 1. The van der Waals surface area contributed by atoms with E-state index in [0.29, 0.717) is 51.9 Å². The van der Waals surface area contributed by atoms with Gasteiger partial charge in [-0.25, -0.2) is 0 Å². The van der Waals surface area contributed by atoms with E-state index in [0.717, 1.165) is 38.3 Å². The summed E-state index contributed by atoms with van der Waals surface area (Å²) in [4.78, 5) is 18.0. The molecule has 8 heteroatoms. The Hall–Kier alpha value is -2.58. The Bertz CT molecular complexity index is 1140. The van der Waals surface area contributed by atoms with Gasteiger partial charge in [-0.3, -0.25) is 9.69 Å². The van der Waals surface area contributed by atoms with E-state index in [1.54, 1.807) is 24.3 Å². The van der Waals surface area contributed by atoms with Gasteiger partial charge in [0.1, 0.15) is 17.2 Å². The molecule has 0 bridgehead atoms. The molecule has 0 spiro atoms. The van der Waals surface area contributed by atoms with Crippen LogP contribution >= 0.6 is 11.6 Å². The van der Waals surface area contributed by atoms with Crippen molar-refractivity contribution in [1.29, 1.82) is 0 Å². The van der Waals surface area contributed by atoms with Crippen molar-refractivity contribution in [2.75, 3.05) is 39.5 Å². The number of hydrogen-bond acceptors (Lipinski definition) is 7. The minimum absolute atomic E-state index is 0.141. The zero-order valence-corrected chi connectivity index (χ0v) is 19.6. The molecule has 0 radical (unpaired) electrons. The number of carbonyl (C=O) groups excluding carboxylic acids is 1. The van der Waals surface area contributed by atoms with Gasteiger partial charge in [-0.1, -0.05) is 18.5 Å². The third-order valence-electron chi connectivity index (χ3n) is 6.50.